The maximum atomic E-state index is 6.14. The average Bonchev–Trinajstić information content (AvgIpc) is 3.07. The van der Waals surface area contributed by atoms with Gasteiger partial charge in [0.15, 0.2) is 0 Å². The Morgan fingerprint density at radius 1 is 1.40 bits per heavy atom. The van der Waals surface area contributed by atoms with Crippen LogP contribution in [0.1, 0.15) is 49.6 Å². The largest absolute Gasteiger partial charge is 0.308 e. The van der Waals surface area contributed by atoms with Crippen molar-refractivity contribution >= 4 is 22.9 Å². The molecule has 2 atom stereocenters. The maximum absolute atomic E-state index is 6.14. The van der Waals surface area contributed by atoms with Crippen molar-refractivity contribution in [3.05, 3.63) is 20.8 Å². The highest BCUT2D eigenvalue weighted by Gasteiger charge is 2.28. The summed E-state index contributed by atoms with van der Waals surface area (Å²) in [4.78, 5) is 4.17. The van der Waals surface area contributed by atoms with Crippen LogP contribution in [-0.4, -0.2) is 30.6 Å². The Morgan fingerprint density at radius 2 is 2.15 bits per heavy atom. The Bertz CT molecular complexity index is 451. The Hall–Kier alpha value is -0.0900. The van der Waals surface area contributed by atoms with Crippen LogP contribution in [-0.2, 0) is 6.42 Å². The quantitative estimate of drug-likeness (QED) is 0.880. The third-order valence-corrected chi connectivity index (χ3v) is 6.14. The molecule has 0 saturated carbocycles. The summed E-state index contributed by atoms with van der Waals surface area (Å²) in [5.74, 6) is 0.715. The predicted octanol–water partition coefficient (Wildman–Crippen LogP) is 4.10. The van der Waals surface area contributed by atoms with E-state index in [2.05, 4.69) is 30.1 Å². The number of likely N-dealkylation sites (tertiary alicyclic amines) is 1. The van der Waals surface area contributed by atoms with Crippen LogP contribution in [0, 0.1) is 5.92 Å². The second kappa shape index (κ2) is 6.35. The zero-order valence-electron chi connectivity index (χ0n) is 12.5. The van der Waals surface area contributed by atoms with Crippen molar-refractivity contribution in [2.45, 2.75) is 51.6 Å². The van der Waals surface area contributed by atoms with Gasteiger partial charge < -0.3 is 5.32 Å². The average molecular weight is 313 g/mol. The summed E-state index contributed by atoms with van der Waals surface area (Å²) >= 11 is 7.90. The van der Waals surface area contributed by atoms with Gasteiger partial charge in [-0.3, -0.25) is 4.90 Å². The topological polar surface area (TPSA) is 15.3 Å². The summed E-state index contributed by atoms with van der Waals surface area (Å²) < 4.78 is 0.946. The van der Waals surface area contributed by atoms with E-state index in [4.69, 9.17) is 11.6 Å². The summed E-state index contributed by atoms with van der Waals surface area (Å²) in [6.07, 6.45) is 5.18. The fraction of sp³-hybridized carbons (Fsp3) is 0.750. The van der Waals surface area contributed by atoms with Gasteiger partial charge in [-0.05, 0) is 56.3 Å². The molecule has 0 aromatic carbocycles. The number of nitrogens with zero attached hydrogens (tertiary/aromatic N) is 1. The Labute approximate surface area is 131 Å². The molecule has 1 N–H and O–H groups in total. The second-order valence-electron chi connectivity index (χ2n) is 6.48. The Kier molecular flexibility index (Phi) is 4.71. The van der Waals surface area contributed by atoms with Crippen molar-refractivity contribution in [1.82, 2.24) is 10.2 Å². The standard InChI is InChI=1S/C16H25ClN2S/c1-11(2)14(19-7-3-4-8-19)10-18-13-5-6-15-12(13)9-16(17)20-15/h9,11,13-14,18H,3-8,10H2,1-2H3. The van der Waals surface area contributed by atoms with E-state index < -0.39 is 0 Å². The molecular weight excluding hydrogens is 288 g/mol. The van der Waals surface area contributed by atoms with Crippen molar-refractivity contribution < 1.29 is 0 Å². The maximum Gasteiger partial charge on any atom is 0.0934 e. The van der Waals surface area contributed by atoms with Crippen LogP contribution >= 0.6 is 22.9 Å². The summed E-state index contributed by atoms with van der Waals surface area (Å²) in [6.45, 7) is 8.38. The fourth-order valence-corrected chi connectivity index (χ4v) is 5.02. The molecule has 4 heteroatoms. The van der Waals surface area contributed by atoms with E-state index in [1.54, 1.807) is 11.3 Å². The van der Waals surface area contributed by atoms with E-state index in [1.807, 2.05) is 0 Å². The molecule has 1 aromatic rings. The number of aryl methyl sites for hydroxylation is 1. The van der Waals surface area contributed by atoms with Crippen molar-refractivity contribution in [2.75, 3.05) is 19.6 Å². The van der Waals surface area contributed by atoms with Crippen LogP contribution in [0.15, 0.2) is 6.07 Å². The molecule has 3 rings (SSSR count). The molecule has 0 spiro atoms. The molecule has 1 saturated heterocycles. The monoisotopic (exact) mass is 312 g/mol. The summed E-state index contributed by atoms with van der Waals surface area (Å²) in [5, 5.41) is 3.82. The highest BCUT2D eigenvalue weighted by molar-refractivity contribution is 7.16. The first-order chi connectivity index (χ1) is 9.65. The van der Waals surface area contributed by atoms with E-state index in [-0.39, 0.29) is 0 Å². The molecule has 0 bridgehead atoms. The summed E-state index contributed by atoms with van der Waals surface area (Å²) in [5.41, 5.74) is 1.46. The predicted molar refractivity (Wildman–Crippen MR) is 87.8 cm³/mol. The lowest BCUT2D eigenvalue weighted by molar-refractivity contribution is 0.182. The molecule has 1 aliphatic heterocycles. The minimum absolute atomic E-state index is 0.526. The first-order valence-electron chi connectivity index (χ1n) is 7.90. The molecule has 2 aliphatic rings. The Balaban J connectivity index is 1.60. The lowest BCUT2D eigenvalue weighted by Gasteiger charge is -2.32. The minimum atomic E-state index is 0.526. The lowest BCUT2D eigenvalue weighted by atomic mass is 10.0. The number of halogens is 1. The first-order valence-corrected chi connectivity index (χ1v) is 9.10. The van der Waals surface area contributed by atoms with Crippen molar-refractivity contribution in [3.8, 4) is 0 Å². The molecule has 2 heterocycles. The smallest absolute Gasteiger partial charge is 0.0934 e. The van der Waals surface area contributed by atoms with Gasteiger partial charge in [0.25, 0.3) is 0 Å². The highest BCUT2D eigenvalue weighted by Crippen LogP contribution is 2.39. The number of nitrogens with one attached hydrogen (secondary N) is 1. The molecule has 20 heavy (non-hydrogen) atoms. The molecule has 1 aromatic heterocycles. The second-order valence-corrected chi connectivity index (χ2v) is 8.25. The SMILES string of the molecule is CC(C)C(CNC1CCc2sc(Cl)cc21)N1CCCC1. The first kappa shape index (κ1) is 14.8. The van der Waals surface area contributed by atoms with E-state index >= 15 is 0 Å². The van der Waals surface area contributed by atoms with Crippen LogP contribution in [0.4, 0.5) is 0 Å². The number of hydrogen-bond donors (Lipinski definition) is 1. The third-order valence-electron chi connectivity index (χ3n) is 4.80. The number of hydrogen-bond acceptors (Lipinski definition) is 3. The molecule has 2 nitrogen and oxygen atoms in total. The van der Waals surface area contributed by atoms with Crippen LogP contribution < -0.4 is 5.32 Å². The number of rotatable bonds is 5. The van der Waals surface area contributed by atoms with Gasteiger partial charge in [0.05, 0.1) is 4.34 Å². The number of fused-ring (bicyclic) bond motifs is 1. The van der Waals surface area contributed by atoms with Crippen LogP contribution in [0.5, 0.6) is 0 Å². The highest BCUT2D eigenvalue weighted by atomic mass is 35.5. The van der Waals surface area contributed by atoms with Gasteiger partial charge in [-0.25, -0.2) is 0 Å². The molecule has 2 unspecified atom stereocenters. The molecule has 0 radical (unpaired) electrons. The third kappa shape index (κ3) is 3.06. The van der Waals surface area contributed by atoms with Gasteiger partial charge in [0.1, 0.15) is 0 Å². The van der Waals surface area contributed by atoms with Crippen LogP contribution in [0.25, 0.3) is 0 Å². The minimum Gasteiger partial charge on any atom is -0.308 e. The van der Waals surface area contributed by atoms with Gasteiger partial charge in [-0.1, -0.05) is 25.4 Å². The zero-order valence-corrected chi connectivity index (χ0v) is 14.1. The van der Waals surface area contributed by atoms with Crippen molar-refractivity contribution in [2.24, 2.45) is 5.92 Å². The zero-order chi connectivity index (χ0) is 14.1. The van der Waals surface area contributed by atoms with Crippen molar-refractivity contribution in [1.29, 1.82) is 0 Å². The van der Waals surface area contributed by atoms with Crippen molar-refractivity contribution in [3.63, 3.8) is 0 Å². The van der Waals surface area contributed by atoms with Gasteiger partial charge >= 0.3 is 0 Å². The normalized spacial score (nSPS) is 24.5. The van der Waals surface area contributed by atoms with E-state index in [0.717, 1.165) is 10.9 Å². The molecule has 112 valence electrons. The van der Waals surface area contributed by atoms with Gasteiger partial charge in [-0.2, -0.15) is 0 Å². The molecule has 0 amide bonds. The molecular formula is C16H25ClN2S. The van der Waals surface area contributed by atoms with Gasteiger partial charge in [-0.15, -0.1) is 11.3 Å². The lowest BCUT2D eigenvalue weighted by Crippen LogP contribution is -2.44. The van der Waals surface area contributed by atoms with Gasteiger partial charge in [0, 0.05) is 23.5 Å². The molecule has 1 aliphatic carbocycles. The van der Waals surface area contributed by atoms with E-state index in [0.29, 0.717) is 18.0 Å². The molecule has 1 fully saturated rings. The van der Waals surface area contributed by atoms with Crippen LogP contribution in [0.2, 0.25) is 4.34 Å². The van der Waals surface area contributed by atoms with E-state index in [9.17, 15) is 0 Å². The van der Waals surface area contributed by atoms with E-state index in [1.165, 1.54) is 49.2 Å². The Morgan fingerprint density at radius 3 is 2.85 bits per heavy atom. The van der Waals surface area contributed by atoms with Gasteiger partial charge in [0.2, 0.25) is 0 Å². The number of thiophene rings is 1. The van der Waals surface area contributed by atoms with Crippen LogP contribution in [0.3, 0.4) is 0 Å². The fourth-order valence-electron chi connectivity index (χ4n) is 3.66. The summed E-state index contributed by atoms with van der Waals surface area (Å²) in [6, 6.07) is 3.38. The summed E-state index contributed by atoms with van der Waals surface area (Å²) in [7, 11) is 0.